The maximum atomic E-state index is 12.6. The van der Waals surface area contributed by atoms with Gasteiger partial charge in [-0.1, -0.05) is 26.0 Å². The average molecular weight is 391 g/mol. The molecule has 156 valence electrons. The molecule has 0 aliphatic carbocycles. The lowest BCUT2D eigenvalue weighted by Crippen LogP contribution is -2.54. The van der Waals surface area contributed by atoms with Crippen LogP contribution >= 0.6 is 0 Å². The summed E-state index contributed by atoms with van der Waals surface area (Å²) in [6, 6.07) is 8.04. The number of hydrogen-bond donors (Lipinski definition) is 1. The summed E-state index contributed by atoms with van der Waals surface area (Å²) in [6.07, 6.45) is 0.0753. The summed E-state index contributed by atoms with van der Waals surface area (Å²) in [7, 11) is 1.69. The van der Waals surface area contributed by atoms with E-state index < -0.39 is 0 Å². The molecule has 1 aromatic rings. The van der Waals surface area contributed by atoms with E-state index >= 15 is 0 Å². The molecule has 1 unspecified atom stereocenters. The Morgan fingerprint density at radius 3 is 2.68 bits per heavy atom. The molecule has 0 bridgehead atoms. The van der Waals surface area contributed by atoms with Crippen molar-refractivity contribution in [2.24, 2.45) is 5.92 Å². The van der Waals surface area contributed by atoms with Crippen LogP contribution in [0.4, 0.5) is 10.5 Å². The molecule has 2 aliphatic rings. The van der Waals surface area contributed by atoms with Crippen LogP contribution in [-0.4, -0.2) is 88.0 Å². The number of benzene rings is 1. The quantitative estimate of drug-likeness (QED) is 0.804. The fourth-order valence-corrected chi connectivity index (χ4v) is 3.94. The Morgan fingerprint density at radius 2 is 1.96 bits per heavy atom. The molecule has 0 radical (unpaired) electrons. The number of morpholine rings is 1. The van der Waals surface area contributed by atoms with Gasteiger partial charge in [-0.3, -0.25) is 4.90 Å². The van der Waals surface area contributed by atoms with Gasteiger partial charge < -0.3 is 24.6 Å². The van der Waals surface area contributed by atoms with E-state index in [9.17, 15) is 4.79 Å². The fourth-order valence-electron chi connectivity index (χ4n) is 3.94. The van der Waals surface area contributed by atoms with Gasteiger partial charge in [0.05, 0.1) is 25.5 Å². The first-order valence-corrected chi connectivity index (χ1v) is 10.3. The minimum Gasteiger partial charge on any atom is -0.495 e. The van der Waals surface area contributed by atoms with Gasteiger partial charge in [0.25, 0.3) is 0 Å². The van der Waals surface area contributed by atoms with E-state index in [-0.39, 0.29) is 12.1 Å². The van der Waals surface area contributed by atoms with E-state index in [1.165, 1.54) is 0 Å². The van der Waals surface area contributed by atoms with E-state index in [1.54, 1.807) is 7.11 Å². The molecule has 2 saturated heterocycles. The second kappa shape index (κ2) is 9.98. The molecule has 2 aliphatic heterocycles. The Kier molecular flexibility index (Phi) is 7.39. The van der Waals surface area contributed by atoms with E-state index in [1.807, 2.05) is 23.1 Å². The number of urea groups is 1. The maximum absolute atomic E-state index is 12.6. The smallest absolute Gasteiger partial charge is 0.317 e. The number of carbonyl (C=O) groups is 1. The number of carbonyl (C=O) groups excluding carboxylic acids is 1. The Labute approximate surface area is 168 Å². The third-order valence-electron chi connectivity index (χ3n) is 5.32. The molecule has 0 saturated carbocycles. The molecule has 7 heteroatoms. The predicted octanol–water partition coefficient (Wildman–Crippen LogP) is 1.88. The average Bonchev–Trinajstić information content (AvgIpc) is 2.72. The van der Waals surface area contributed by atoms with Crippen LogP contribution in [0.25, 0.3) is 0 Å². The molecule has 1 aromatic carbocycles. The molecule has 1 atom stereocenters. The first-order chi connectivity index (χ1) is 13.6. The zero-order valence-electron chi connectivity index (χ0n) is 17.4. The van der Waals surface area contributed by atoms with E-state index in [0.717, 1.165) is 50.8 Å². The molecule has 28 heavy (non-hydrogen) atoms. The second-order valence-corrected chi connectivity index (χ2v) is 7.98. The maximum Gasteiger partial charge on any atom is 0.317 e. The summed E-state index contributed by atoms with van der Waals surface area (Å²) in [5.74, 6) is 1.52. The highest BCUT2D eigenvalue weighted by atomic mass is 16.5. The van der Waals surface area contributed by atoms with Crippen LogP contribution in [0.2, 0.25) is 0 Å². The van der Waals surface area contributed by atoms with Crippen molar-refractivity contribution in [3.8, 4) is 5.75 Å². The van der Waals surface area contributed by atoms with Gasteiger partial charge in [-0.05, 0) is 18.1 Å². The molecule has 2 fully saturated rings. The van der Waals surface area contributed by atoms with Gasteiger partial charge in [-0.15, -0.1) is 0 Å². The van der Waals surface area contributed by atoms with Crippen molar-refractivity contribution in [2.75, 3.05) is 71.0 Å². The van der Waals surface area contributed by atoms with Crippen molar-refractivity contribution in [3.63, 3.8) is 0 Å². The molecule has 2 amide bonds. The van der Waals surface area contributed by atoms with Crippen molar-refractivity contribution in [3.05, 3.63) is 24.3 Å². The lowest BCUT2D eigenvalue weighted by atomic mass is 10.2. The highest BCUT2D eigenvalue weighted by Crippen LogP contribution is 2.28. The van der Waals surface area contributed by atoms with Crippen molar-refractivity contribution in [1.29, 1.82) is 0 Å². The Balaban J connectivity index is 1.43. The third kappa shape index (κ3) is 5.52. The first kappa shape index (κ1) is 20.7. The van der Waals surface area contributed by atoms with Gasteiger partial charge in [0, 0.05) is 52.4 Å². The van der Waals surface area contributed by atoms with Gasteiger partial charge >= 0.3 is 6.03 Å². The van der Waals surface area contributed by atoms with E-state index in [4.69, 9.17) is 9.47 Å². The largest absolute Gasteiger partial charge is 0.495 e. The Bertz CT molecular complexity index is 632. The van der Waals surface area contributed by atoms with Gasteiger partial charge in [0.15, 0.2) is 0 Å². The minimum atomic E-state index is 0.00394. The molecule has 2 heterocycles. The molecule has 3 rings (SSSR count). The number of anilines is 1. The number of rotatable bonds is 6. The minimum absolute atomic E-state index is 0.00394. The highest BCUT2D eigenvalue weighted by Gasteiger charge is 2.25. The lowest BCUT2D eigenvalue weighted by molar-refractivity contribution is -0.0294. The summed E-state index contributed by atoms with van der Waals surface area (Å²) in [5.41, 5.74) is 1.09. The van der Waals surface area contributed by atoms with E-state index in [2.05, 4.69) is 35.0 Å². The van der Waals surface area contributed by atoms with Crippen LogP contribution < -0.4 is 15.0 Å². The van der Waals surface area contributed by atoms with Crippen LogP contribution in [0, 0.1) is 5.92 Å². The van der Waals surface area contributed by atoms with Crippen LogP contribution in [-0.2, 0) is 4.74 Å². The number of hydrogen-bond acceptors (Lipinski definition) is 5. The summed E-state index contributed by atoms with van der Waals surface area (Å²) in [6.45, 7) is 11.7. The van der Waals surface area contributed by atoms with Crippen LogP contribution in [0.5, 0.6) is 5.75 Å². The van der Waals surface area contributed by atoms with Crippen molar-refractivity contribution >= 4 is 11.7 Å². The molecule has 1 N–H and O–H groups in total. The van der Waals surface area contributed by atoms with Crippen LogP contribution in [0.15, 0.2) is 24.3 Å². The highest BCUT2D eigenvalue weighted by molar-refractivity contribution is 5.74. The van der Waals surface area contributed by atoms with Crippen LogP contribution in [0.3, 0.4) is 0 Å². The van der Waals surface area contributed by atoms with Gasteiger partial charge in [-0.2, -0.15) is 0 Å². The normalized spacial score (nSPS) is 21.1. The standard InChI is InChI=1S/C21H34N4O3/c1-17(2)15-23-12-13-28-18(16-23)14-22-21(26)25-10-8-24(9-11-25)19-6-4-5-7-20(19)27-3/h4-7,17-18H,8-16H2,1-3H3,(H,22,26). The molecule has 0 spiro atoms. The fraction of sp³-hybridized carbons (Fsp3) is 0.667. The number of nitrogens with zero attached hydrogens (tertiary/aromatic N) is 3. The zero-order valence-corrected chi connectivity index (χ0v) is 17.4. The van der Waals surface area contributed by atoms with E-state index in [0.29, 0.717) is 25.6 Å². The summed E-state index contributed by atoms with van der Waals surface area (Å²) in [4.78, 5) is 19.2. The van der Waals surface area contributed by atoms with Crippen molar-refractivity contribution < 1.29 is 14.3 Å². The Hall–Kier alpha value is -1.99. The number of nitrogens with one attached hydrogen (secondary N) is 1. The van der Waals surface area contributed by atoms with Crippen LogP contribution in [0.1, 0.15) is 13.8 Å². The first-order valence-electron chi connectivity index (χ1n) is 10.3. The second-order valence-electron chi connectivity index (χ2n) is 7.98. The molecular weight excluding hydrogens is 356 g/mol. The van der Waals surface area contributed by atoms with Gasteiger partial charge in [-0.25, -0.2) is 4.79 Å². The van der Waals surface area contributed by atoms with Crippen molar-refractivity contribution in [2.45, 2.75) is 20.0 Å². The van der Waals surface area contributed by atoms with Gasteiger partial charge in [0.1, 0.15) is 5.75 Å². The van der Waals surface area contributed by atoms with Gasteiger partial charge in [0.2, 0.25) is 0 Å². The predicted molar refractivity (Wildman–Crippen MR) is 111 cm³/mol. The molecule has 0 aromatic heterocycles. The molecular formula is C21H34N4O3. The SMILES string of the molecule is COc1ccccc1N1CCN(C(=O)NCC2CN(CC(C)C)CCO2)CC1. The third-order valence-corrected chi connectivity index (χ3v) is 5.32. The van der Waals surface area contributed by atoms with Crippen molar-refractivity contribution in [1.82, 2.24) is 15.1 Å². The number of amides is 2. The number of para-hydroxylation sites is 2. The summed E-state index contributed by atoms with van der Waals surface area (Å²) in [5, 5.41) is 3.07. The monoisotopic (exact) mass is 390 g/mol. The number of piperazine rings is 1. The zero-order chi connectivity index (χ0) is 19.9. The number of methoxy groups -OCH3 is 1. The summed E-state index contributed by atoms with van der Waals surface area (Å²) < 4.78 is 11.3. The topological polar surface area (TPSA) is 57.3 Å². The lowest BCUT2D eigenvalue weighted by Gasteiger charge is -2.37. The number of ether oxygens (including phenoxy) is 2. The molecule has 7 nitrogen and oxygen atoms in total. The Morgan fingerprint density at radius 1 is 1.21 bits per heavy atom. The summed E-state index contributed by atoms with van der Waals surface area (Å²) >= 11 is 0.